The van der Waals surface area contributed by atoms with E-state index in [-0.39, 0.29) is 0 Å². The molecule has 0 amide bonds. The molecule has 2 aromatic rings. The zero-order chi connectivity index (χ0) is 11.7. The van der Waals surface area contributed by atoms with E-state index in [1.807, 2.05) is 13.0 Å². The molecule has 0 saturated carbocycles. The lowest BCUT2D eigenvalue weighted by atomic mass is 10.0. The number of anilines is 1. The number of aryl methyl sites for hydroxylation is 1. The third-order valence-corrected chi connectivity index (χ3v) is 2.95. The van der Waals surface area contributed by atoms with Gasteiger partial charge in [-0.1, -0.05) is 23.2 Å². The molecule has 0 aliphatic rings. The standard InChI is InChI=1S/C12H10Cl2N2/c1-7-4-5-16-12(15)11(7)9-6-8(13)2-3-10(9)14/h2-6H,1H3,(H2,15,16). The van der Waals surface area contributed by atoms with Crippen LogP contribution in [0.25, 0.3) is 11.1 Å². The predicted molar refractivity (Wildman–Crippen MR) is 68.8 cm³/mol. The minimum atomic E-state index is 0.462. The molecule has 0 atom stereocenters. The lowest BCUT2D eigenvalue weighted by Crippen LogP contribution is -1.96. The monoisotopic (exact) mass is 252 g/mol. The van der Waals surface area contributed by atoms with Crippen molar-refractivity contribution in [3.8, 4) is 11.1 Å². The van der Waals surface area contributed by atoms with E-state index in [0.717, 1.165) is 16.7 Å². The van der Waals surface area contributed by atoms with E-state index in [1.165, 1.54) is 0 Å². The van der Waals surface area contributed by atoms with Gasteiger partial charge in [-0.3, -0.25) is 0 Å². The maximum atomic E-state index is 6.13. The fourth-order valence-electron chi connectivity index (χ4n) is 1.62. The number of rotatable bonds is 1. The predicted octanol–water partition coefficient (Wildman–Crippen LogP) is 3.95. The minimum Gasteiger partial charge on any atom is -0.383 e. The van der Waals surface area contributed by atoms with Crippen LogP contribution in [0.1, 0.15) is 5.56 Å². The first-order chi connectivity index (χ1) is 7.59. The van der Waals surface area contributed by atoms with Crippen molar-refractivity contribution in [2.24, 2.45) is 0 Å². The molecule has 0 aliphatic carbocycles. The molecule has 0 bridgehead atoms. The maximum Gasteiger partial charge on any atom is 0.131 e. The molecular formula is C12H10Cl2N2. The second kappa shape index (κ2) is 4.32. The van der Waals surface area contributed by atoms with Crippen LogP contribution >= 0.6 is 23.2 Å². The molecular weight excluding hydrogens is 243 g/mol. The van der Waals surface area contributed by atoms with E-state index in [4.69, 9.17) is 28.9 Å². The van der Waals surface area contributed by atoms with E-state index >= 15 is 0 Å². The number of aromatic nitrogens is 1. The molecule has 2 rings (SSSR count). The smallest absolute Gasteiger partial charge is 0.131 e. The number of benzene rings is 1. The maximum absolute atomic E-state index is 6.13. The number of hydrogen-bond donors (Lipinski definition) is 1. The Balaban J connectivity index is 2.72. The topological polar surface area (TPSA) is 38.9 Å². The van der Waals surface area contributed by atoms with Gasteiger partial charge in [-0.25, -0.2) is 4.98 Å². The first-order valence-corrected chi connectivity index (χ1v) is 5.51. The molecule has 0 spiro atoms. The summed E-state index contributed by atoms with van der Waals surface area (Å²) in [7, 11) is 0. The molecule has 0 radical (unpaired) electrons. The minimum absolute atomic E-state index is 0.462. The average molecular weight is 253 g/mol. The van der Waals surface area contributed by atoms with Crippen molar-refractivity contribution in [1.29, 1.82) is 0 Å². The van der Waals surface area contributed by atoms with E-state index in [2.05, 4.69) is 4.98 Å². The van der Waals surface area contributed by atoms with Gasteiger partial charge in [0.15, 0.2) is 0 Å². The quantitative estimate of drug-likeness (QED) is 0.835. The first kappa shape index (κ1) is 11.2. The van der Waals surface area contributed by atoms with Crippen molar-refractivity contribution in [2.45, 2.75) is 6.92 Å². The van der Waals surface area contributed by atoms with Crippen LogP contribution in [-0.2, 0) is 0 Å². The van der Waals surface area contributed by atoms with Crippen molar-refractivity contribution in [3.05, 3.63) is 46.1 Å². The zero-order valence-corrected chi connectivity index (χ0v) is 10.2. The third-order valence-electron chi connectivity index (χ3n) is 2.39. The summed E-state index contributed by atoms with van der Waals surface area (Å²) in [5.41, 5.74) is 8.54. The van der Waals surface area contributed by atoms with Gasteiger partial charge in [0, 0.05) is 27.4 Å². The number of nitrogens with zero attached hydrogens (tertiary/aromatic N) is 1. The van der Waals surface area contributed by atoms with E-state index in [9.17, 15) is 0 Å². The summed E-state index contributed by atoms with van der Waals surface area (Å²) < 4.78 is 0. The van der Waals surface area contributed by atoms with Gasteiger partial charge in [0.1, 0.15) is 5.82 Å². The van der Waals surface area contributed by atoms with Crippen LogP contribution in [0, 0.1) is 6.92 Å². The summed E-state index contributed by atoms with van der Waals surface area (Å²) in [4.78, 5) is 4.06. The summed E-state index contributed by atoms with van der Waals surface area (Å²) in [6, 6.07) is 7.19. The largest absolute Gasteiger partial charge is 0.383 e. The highest BCUT2D eigenvalue weighted by molar-refractivity contribution is 6.35. The van der Waals surface area contributed by atoms with Crippen LogP contribution in [0.5, 0.6) is 0 Å². The number of nitrogens with two attached hydrogens (primary N) is 1. The fourth-order valence-corrected chi connectivity index (χ4v) is 2.00. The lowest BCUT2D eigenvalue weighted by Gasteiger charge is -2.10. The first-order valence-electron chi connectivity index (χ1n) is 4.76. The van der Waals surface area contributed by atoms with Crippen LogP contribution in [0.15, 0.2) is 30.5 Å². The van der Waals surface area contributed by atoms with Crippen LogP contribution in [0.3, 0.4) is 0 Å². The molecule has 2 N–H and O–H groups in total. The fraction of sp³-hybridized carbons (Fsp3) is 0.0833. The SMILES string of the molecule is Cc1ccnc(N)c1-c1cc(Cl)ccc1Cl. The van der Waals surface area contributed by atoms with Crippen molar-refractivity contribution >= 4 is 29.0 Å². The Morgan fingerprint density at radius 3 is 2.62 bits per heavy atom. The summed E-state index contributed by atoms with van der Waals surface area (Å²) in [5.74, 6) is 0.462. The molecule has 0 fully saturated rings. The molecule has 0 unspecified atom stereocenters. The second-order valence-corrected chi connectivity index (χ2v) is 4.36. The zero-order valence-electron chi connectivity index (χ0n) is 8.67. The molecule has 1 aromatic heterocycles. The van der Waals surface area contributed by atoms with Crippen molar-refractivity contribution < 1.29 is 0 Å². The Hall–Kier alpha value is -1.25. The Morgan fingerprint density at radius 1 is 1.19 bits per heavy atom. The number of nitrogen functional groups attached to an aromatic ring is 1. The van der Waals surface area contributed by atoms with E-state index in [1.54, 1.807) is 24.4 Å². The van der Waals surface area contributed by atoms with Gasteiger partial charge >= 0.3 is 0 Å². The number of pyridine rings is 1. The third kappa shape index (κ3) is 1.99. The highest BCUT2D eigenvalue weighted by Crippen LogP contribution is 2.35. The molecule has 0 saturated heterocycles. The molecule has 2 nitrogen and oxygen atoms in total. The molecule has 1 aromatic carbocycles. The number of hydrogen-bond acceptors (Lipinski definition) is 2. The Labute approximate surface area is 104 Å². The Kier molecular flexibility index (Phi) is 3.03. The Morgan fingerprint density at radius 2 is 1.94 bits per heavy atom. The van der Waals surface area contributed by atoms with Crippen molar-refractivity contribution in [3.63, 3.8) is 0 Å². The van der Waals surface area contributed by atoms with Crippen LogP contribution < -0.4 is 5.73 Å². The van der Waals surface area contributed by atoms with Crippen molar-refractivity contribution in [2.75, 3.05) is 5.73 Å². The summed E-state index contributed by atoms with van der Waals surface area (Å²) in [5, 5.41) is 1.24. The van der Waals surface area contributed by atoms with Crippen molar-refractivity contribution in [1.82, 2.24) is 4.98 Å². The normalized spacial score (nSPS) is 10.4. The average Bonchev–Trinajstić information content (AvgIpc) is 2.23. The lowest BCUT2D eigenvalue weighted by molar-refractivity contribution is 1.29. The van der Waals surface area contributed by atoms with Gasteiger partial charge in [0.25, 0.3) is 0 Å². The Bertz CT molecular complexity index is 518. The van der Waals surface area contributed by atoms with Crippen LogP contribution in [0.4, 0.5) is 5.82 Å². The van der Waals surface area contributed by atoms with Crippen LogP contribution in [0.2, 0.25) is 10.0 Å². The van der Waals surface area contributed by atoms with Gasteiger partial charge in [0.05, 0.1) is 0 Å². The van der Waals surface area contributed by atoms with Gasteiger partial charge in [0.2, 0.25) is 0 Å². The van der Waals surface area contributed by atoms with Crippen LogP contribution in [-0.4, -0.2) is 4.98 Å². The van der Waals surface area contributed by atoms with E-state index < -0.39 is 0 Å². The van der Waals surface area contributed by atoms with Gasteiger partial charge < -0.3 is 5.73 Å². The molecule has 4 heteroatoms. The summed E-state index contributed by atoms with van der Waals surface area (Å²) >= 11 is 12.1. The molecule has 0 aliphatic heterocycles. The molecule has 1 heterocycles. The van der Waals surface area contributed by atoms with E-state index in [0.29, 0.717) is 15.9 Å². The molecule has 82 valence electrons. The molecule has 16 heavy (non-hydrogen) atoms. The van der Waals surface area contributed by atoms with Gasteiger partial charge in [-0.05, 0) is 36.8 Å². The summed E-state index contributed by atoms with van der Waals surface area (Å²) in [6.45, 7) is 1.96. The van der Waals surface area contributed by atoms with Gasteiger partial charge in [-0.15, -0.1) is 0 Å². The highest BCUT2D eigenvalue weighted by Gasteiger charge is 2.11. The van der Waals surface area contributed by atoms with Gasteiger partial charge in [-0.2, -0.15) is 0 Å². The highest BCUT2D eigenvalue weighted by atomic mass is 35.5. The summed E-state index contributed by atoms with van der Waals surface area (Å²) in [6.07, 6.45) is 1.67. The second-order valence-electron chi connectivity index (χ2n) is 3.51. The number of halogens is 2.